The van der Waals surface area contributed by atoms with Crippen LogP contribution in [-0.2, 0) is 0 Å². The monoisotopic (exact) mass is 251 g/mol. The predicted octanol–water partition coefficient (Wildman–Crippen LogP) is 2.84. The van der Waals surface area contributed by atoms with E-state index in [9.17, 15) is 4.79 Å². The number of ketones is 1. The van der Waals surface area contributed by atoms with Crippen LogP contribution in [0.2, 0.25) is 0 Å². The molecule has 0 bridgehead atoms. The summed E-state index contributed by atoms with van der Waals surface area (Å²) in [6.07, 6.45) is 2.09. The van der Waals surface area contributed by atoms with Crippen molar-refractivity contribution in [3.05, 3.63) is 28.2 Å². The minimum absolute atomic E-state index is 0.0478. The molecule has 1 aliphatic carbocycles. The number of anilines is 1. The van der Waals surface area contributed by atoms with Gasteiger partial charge in [-0.2, -0.15) is 0 Å². The molecular formula is C11H10BrNO. The Morgan fingerprint density at radius 1 is 1.36 bits per heavy atom. The Balaban J connectivity index is 2.13. The molecule has 1 N–H and O–H groups in total. The van der Waals surface area contributed by atoms with Crippen molar-refractivity contribution in [3.8, 4) is 0 Å². The molecule has 1 fully saturated rings. The summed E-state index contributed by atoms with van der Waals surface area (Å²) in [5.74, 6) is 0.326. The molecule has 0 saturated heterocycles. The molecule has 14 heavy (non-hydrogen) atoms. The summed E-state index contributed by atoms with van der Waals surface area (Å²) in [5, 5.41) is 3.33. The molecular weight excluding hydrogens is 242 g/mol. The van der Waals surface area contributed by atoms with E-state index in [-0.39, 0.29) is 5.41 Å². The third-order valence-corrected chi connectivity index (χ3v) is 3.67. The SMILES string of the molecule is O=C1c2cc(Br)ccc2NCC12CC2. The summed E-state index contributed by atoms with van der Waals surface area (Å²) < 4.78 is 0.976. The highest BCUT2D eigenvalue weighted by atomic mass is 79.9. The molecule has 3 rings (SSSR count). The van der Waals surface area contributed by atoms with Crippen LogP contribution >= 0.6 is 15.9 Å². The Morgan fingerprint density at radius 2 is 2.14 bits per heavy atom. The minimum Gasteiger partial charge on any atom is -0.383 e. The molecule has 1 aromatic rings. The quantitative estimate of drug-likeness (QED) is 0.769. The van der Waals surface area contributed by atoms with Gasteiger partial charge in [0.2, 0.25) is 0 Å². The lowest BCUT2D eigenvalue weighted by Gasteiger charge is -2.24. The Kier molecular flexibility index (Phi) is 1.57. The van der Waals surface area contributed by atoms with Gasteiger partial charge in [-0.25, -0.2) is 0 Å². The molecule has 1 aliphatic heterocycles. The number of rotatable bonds is 0. The first kappa shape index (κ1) is 8.48. The number of fused-ring (bicyclic) bond motifs is 1. The maximum atomic E-state index is 12.1. The van der Waals surface area contributed by atoms with E-state index in [0.29, 0.717) is 5.78 Å². The second kappa shape index (κ2) is 2.60. The zero-order valence-electron chi connectivity index (χ0n) is 7.64. The van der Waals surface area contributed by atoms with Gasteiger partial charge in [-0.05, 0) is 31.0 Å². The van der Waals surface area contributed by atoms with E-state index in [4.69, 9.17) is 0 Å². The summed E-state index contributed by atoms with van der Waals surface area (Å²) >= 11 is 3.40. The average molecular weight is 252 g/mol. The van der Waals surface area contributed by atoms with Gasteiger partial charge in [0.05, 0.1) is 5.41 Å². The molecule has 3 heteroatoms. The lowest BCUT2D eigenvalue weighted by molar-refractivity contribution is 0.0903. The predicted molar refractivity (Wildman–Crippen MR) is 58.6 cm³/mol. The minimum atomic E-state index is -0.0478. The molecule has 0 unspecified atom stereocenters. The summed E-state index contributed by atoms with van der Waals surface area (Å²) in [6.45, 7) is 0.820. The second-order valence-corrected chi connectivity index (χ2v) is 5.07. The van der Waals surface area contributed by atoms with Crippen LogP contribution in [0.5, 0.6) is 0 Å². The summed E-state index contributed by atoms with van der Waals surface area (Å²) in [7, 11) is 0. The fourth-order valence-electron chi connectivity index (χ4n) is 2.04. The van der Waals surface area contributed by atoms with Crippen molar-refractivity contribution in [2.75, 3.05) is 11.9 Å². The smallest absolute Gasteiger partial charge is 0.172 e. The van der Waals surface area contributed by atoms with Crippen molar-refractivity contribution in [1.82, 2.24) is 0 Å². The molecule has 1 heterocycles. The Hall–Kier alpha value is -0.830. The van der Waals surface area contributed by atoms with Gasteiger partial charge in [-0.15, -0.1) is 0 Å². The van der Waals surface area contributed by atoms with E-state index in [1.165, 1.54) is 0 Å². The van der Waals surface area contributed by atoms with Gasteiger partial charge in [-0.1, -0.05) is 15.9 Å². The Bertz CT molecular complexity index is 423. The number of carbonyl (C=O) groups excluding carboxylic acids is 1. The molecule has 72 valence electrons. The van der Waals surface area contributed by atoms with Crippen molar-refractivity contribution in [2.45, 2.75) is 12.8 Å². The van der Waals surface area contributed by atoms with Gasteiger partial charge in [-0.3, -0.25) is 4.79 Å². The van der Waals surface area contributed by atoms with Gasteiger partial charge in [0, 0.05) is 22.3 Å². The highest BCUT2D eigenvalue weighted by Gasteiger charge is 2.52. The van der Waals surface area contributed by atoms with Crippen LogP contribution in [0.1, 0.15) is 23.2 Å². The van der Waals surface area contributed by atoms with Crippen LogP contribution in [0.15, 0.2) is 22.7 Å². The molecule has 0 aromatic heterocycles. The van der Waals surface area contributed by atoms with Crippen LogP contribution in [0, 0.1) is 5.41 Å². The molecule has 0 radical (unpaired) electrons. The van der Waals surface area contributed by atoms with E-state index in [0.717, 1.165) is 35.1 Å². The second-order valence-electron chi connectivity index (χ2n) is 4.15. The topological polar surface area (TPSA) is 29.1 Å². The molecule has 0 atom stereocenters. The first-order valence-corrected chi connectivity index (χ1v) is 5.59. The largest absolute Gasteiger partial charge is 0.383 e. The fourth-order valence-corrected chi connectivity index (χ4v) is 2.40. The third-order valence-electron chi connectivity index (χ3n) is 3.18. The van der Waals surface area contributed by atoms with Crippen molar-refractivity contribution in [1.29, 1.82) is 0 Å². The van der Waals surface area contributed by atoms with Gasteiger partial charge < -0.3 is 5.32 Å². The van der Waals surface area contributed by atoms with E-state index < -0.39 is 0 Å². The zero-order valence-corrected chi connectivity index (χ0v) is 9.23. The lowest BCUT2D eigenvalue weighted by atomic mass is 9.90. The summed E-state index contributed by atoms with van der Waals surface area (Å²) in [5.41, 5.74) is 1.78. The zero-order chi connectivity index (χ0) is 9.76. The van der Waals surface area contributed by atoms with Gasteiger partial charge in [0.25, 0.3) is 0 Å². The van der Waals surface area contributed by atoms with Crippen LogP contribution in [0.4, 0.5) is 5.69 Å². The number of benzene rings is 1. The van der Waals surface area contributed by atoms with Crippen molar-refractivity contribution in [2.24, 2.45) is 5.41 Å². The van der Waals surface area contributed by atoms with E-state index >= 15 is 0 Å². The van der Waals surface area contributed by atoms with Crippen molar-refractivity contribution < 1.29 is 4.79 Å². The highest BCUT2D eigenvalue weighted by molar-refractivity contribution is 9.10. The molecule has 1 spiro atoms. The number of hydrogen-bond acceptors (Lipinski definition) is 2. The molecule has 2 aliphatic rings. The summed E-state index contributed by atoms with van der Waals surface area (Å²) in [4.78, 5) is 12.1. The van der Waals surface area contributed by atoms with E-state index in [2.05, 4.69) is 21.2 Å². The van der Waals surface area contributed by atoms with Crippen LogP contribution in [0.25, 0.3) is 0 Å². The first-order chi connectivity index (χ1) is 6.71. The Morgan fingerprint density at radius 3 is 2.86 bits per heavy atom. The Labute approximate surface area is 90.8 Å². The van der Waals surface area contributed by atoms with Crippen LogP contribution < -0.4 is 5.32 Å². The normalized spacial score (nSPS) is 21.6. The maximum absolute atomic E-state index is 12.1. The van der Waals surface area contributed by atoms with Crippen LogP contribution in [-0.4, -0.2) is 12.3 Å². The maximum Gasteiger partial charge on any atom is 0.172 e. The number of nitrogens with one attached hydrogen (secondary N) is 1. The number of hydrogen-bond donors (Lipinski definition) is 1. The van der Waals surface area contributed by atoms with Crippen molar-refractivity contribution >= 4 is 27.4 Å². The van der Waals surface area contributed by atoms with E-state index in [1.54, 1.807) is 0 Å². The van der Waals surface area contributed by atoms with Gasteiger partial charge in [0.1, 0.15) is 0 Å². The lowest BCUT2D eigenvalue weighted by Crippen LogP contribution is -2.31. The number of halogens is 1. The standard InChI is InChI=1S/C11H10BrNO/c12-7-1-2-9-8(5-7)10(14)11(3-4-11)6-13-9/h1-2,5,13H,3-4,6H2. The average Bonchev–Trinajstić information content (AvgIpc) is 2.94. The number of carbonyl (C=O) groups is 1. The van der Waals surface area contributed by atoms with Gasteiger partial charge >= 0.3 is 0 Å². The van der Waals surface area contributed by atoms with Crippen LogP contribution in [0.3, 0.4) is 0 Å². The molecule has 0 amide bonds. The van der Waals surface area contributed by atoms with E-state index in [1.807, 2.05) is 18.2 Å². The third kappa shape index (κ3) is 1.05. The number of Topliss-reactive ketones (excluding diaryl/α,β-unsaturated/α-hetero) is 1. The molecule has 2 nitrogen and oxygen atoms in total. The highest BCUT2D eigenvalue weighted by Crippen LogP contribution is 2.51. The first-order valence-electron chi connectivity index (χ1n) is 4.80. The molecule has 1 aromatic carbocycles. The fraction of sp³-hybridized carbons (Fsp3) is 0.364. The summed E-state index contributed by atoms with van der Waals surface area (Å²) in [6, 6.07) is 5.85. The van der Waals surface area contributed by atoms with Gasteiger partial charge in [0.15, 0.2) is 5.78 Å². The van der Waals surface area contributed by atoms with Crippen molar-refractivity contribution in [3.63, 3.8) is 0 Å². The molecule has 1 saturated carbocycles.